The van der Waals surface area contributed by atoms with Gasteiger partial charge in [0.05, 0.1) is 11.4 Å². The summed E-state index contributed by atoms with van der Waals surface area (Å²) in [6.45, 7) is 4.43. The maximum atomic E-state index is 11.1. The van der Waals surface area contributed by atoms with Crippen LogP contribution in [-0.2, 0) is 11.3 Å². The zero-order valence-electron chi connectivity index (χ0n) is 12.4. The molecule has 0 amide bonds. The maximum Gasteiger partial charge on any atom is 0.320 e. The Morgan fingerprint density at radius 3 is 2.71 bits per heavy atom. The average molecular weight is 287 g/mol. The molecule has 0 saturated heterocycles. The minimum atomic E-state index is -0.801. The van der Waals surface area contributed by atoms with Crippen molar-refractivity contribution in [3.8, 4) is 5.69 Å². The van der Waals surface area contributed by atoms with Gasteiger partial charge in [-0.1, -0.05) is 31.5 Å². The van der Waals surface area contributed by atoms with Gasteiger partial charge in [0.15, 0.2) is 0 Å². The molecule has 1 aromatic heterocycles. The summed E-state index contributed by atoms with van der Waals surface area (Å²) >= 11 is 0. The first-order valence-electron chi connectivity index (χ1n) is 7.18. The van der Waals surface area contributed by atoms with E-state index in [9.17, 15) is 4.79 Å². The molecular formula is C16H21N3O2. The average Bonchev–Trinajstić information content (AvgIpc) is 2.85. The van der Waals surface area contributed by atoms with Crippen molar-refractivity contribution in [2.24, 2.45) is 0 Å². The Labute approximate surface area is 124 Å². The lowest BCUT2D eigenvalue weighted by atomic mass is 10.1. The van der Waals surface area contributed by atoms with Gasteiger partial charge in [0.1, 0.15) is 6.04 Å². The van der Waals surface area contributed by atoms with Crippen LogP contribution in [0, 0.1) is 6.92 Å². The fraction of sp³-hybridized carbons (Fsp3) is 0.375. The molecule has 0 aliphatic heterocycles. The summed E-state index contributed by atoms with van der Waals surface area (Å²) in [5.41, 5.74) is 2.92. The molecule has 1 unspecified atom stereocenters. The molecule has 21 heavy (non-hydrogen) atoms. The van der Waals surface area contributed by atoms with Gasteiger partial charge in [-0.3, -0.25) is 4.79 Å². The minimum absolute atomic E-state index is 0.505. The summed E-state index contributed by atoms with van der Waals surface area (Å²) in [6, 6.07) is 9.36. The molecule has 2 N–H and O–H groups in total. The number of aliphatic carboxylic acids is 1. The van der Waals surface area contributed by atoms with Crippen molar-refractivity contribution in [1.82, 2.24) is 15.1 Å². The zero-order chi connectivity index (χ0) is 15.2. The van der Waals surface area contributed by atoms with E-state index in [4.69, 9.17) is 5.11 Å². The summed E-state index contributed by atoms with van der Waals surface area (Å²) < 4.78 is 1.82. The van der Waals surface area contributed by atoms with Gasteiger partial charge in [-0.2, -0.15) is 5.10 Å². The minimum Gasteiger partial charge on any atom is -0.480 e. The monoisotopic (exact) mass is 287 g/mol. The number of benzene rings is 1. The van der Waals surface area contributed by atoms with Crippen LogP contribution >= 0.6 is 0 Å². The van der Waals surface area contributed by atoms with Crippen LogP contribution in [0.1, 0.15) is 31.0 Å². The molecule has 0 bridgehead atoms. The second-order valence-electron chi connectivity index (χ2n) is 5.08. The highest BCUT2D eigenvalue weighted by molar-refractivity contribution is 5.73. The molecule has 2 aromatic rings. The highest BCUT2D eigenvalue weighted by Crippen LogP contribution is 2.12. The van der Waals surface area contributed by atoms with E-state index in [1.807, 2.05) is 55.1 Å². The summed E-state index contributed by atoms with van der Waals surface area (Å²) in [4.78, 5) is 11.1. The largest absolute Gasteiger partial charge is 0.480 e. The third-order valence-electron chi connectivity index (χ3n) is 3.44. The molecule has 112 valence electrons. The van der Waals surface area contributed by atoms with E-state index >= 15 is 0 Å². The molecule has 1 aromatic carbocycles. The fourth-order valence-corrected chi connectivity index (χ4v) is 2.22. The smallest absolute Gasteiger partial charge is 0.320 e. The molecule has 0 saturated carbocycles. The molecule has 2 rings (SSSR count). The predicted molar refractivity (Wildman–Crippen MR) is 81.5 cm³/mol. The van der Waals surface area contributed by atoms with Crippen molar-refractivity contribution in [1.29, 1.82) is 0 Å². The van der Waals surface area contributed by atoms with Crippen molar-refractivity contribution in [3.63, 3.8) is 0 Å². The summed E-state index contributed by atoms with van der Waals surface area (Å²) in [7, 11) is 0. The molecule has 0 aliphatic rings. The predicted octanol–water partition coefficient (Wildman–Crippen LogP) is 2.52. The van der Waals surface area contributed by atoms with Gasteiger partial charge in [-0.25, -0.2) is 4.68 Å². The molecule has 1 atom stereocenters. The number of para-hydroxylation sites is 1. The maximum absolute atomic E-state index is 11.1. The van der Waals surface area contributed by atoms with E-state index in [1.165, 1.54) is 0 Å². The van der Waals surface area contributed by atoms with E-state index in [0.29, 0.717) is 13.0 Å². The van der Waals surface area contributed by atoms with Gasteiger partial charge < -0.3 is 10.4 Å². The molecule has 5 heteroatoms. The number of carboxylic acids is 1. The van der Waals surface area contributed by atoms with E-state index in [0.717, 1.165) is 23.4 Å². The number of aromatic nitrogens is 2. The first-order valence-corrected chi connectivity index (χ1v) is 7.18. The number of rotatable bonds is 7. The molecule has 0 spiro atoms. The lowest BCUT2D eigenvalue weighted by Gasteiger charge is -2.12. The van der Waals surface area contributed by atoms with Crippen LogP contribution < -0.4 is 5.32 Å². The lowest BCUT2D eigenvalue weighted by Crippen LogP contribution is -2.36. The molecule has 0 aliphatic carbocycles. The molecule has 0 fully saturated rings. The first kappa shape index (κ1) is 15.3. The van der Waals surface area contributed by atoms with Gasteiger partial charge in [0, 0.05) is 18.3 Å². The Kier molecular flexibility index (Phi) is 5.11. The van der Waals surface area contributed by atoms with Crippen LogP contribution in [0.2, 0.25) is 0 Å². The number of nitrogens with one attached hydrogen (secondary N) is 1. The second kappa shape index (κ2) is 7.04. The molecule has 1 heterocycles. The van der Waals surface area contributed by atoms with Gasteiger partial charge >= 0.3 is 5.97 Å². The molecule has 5 nitrogen and oxygen atoms in total. The van der Waals surface area contributed by atoms with Crippen molar-refractivity contribution < 1.29 is 9.90 Å². The van der Waals surface area contributed by atoms with Crippen LogP contribution in [0.5, 0.6) is 0 Å². The normalized spacial score (nSPS) is 12.3. The van der Waals surface area contributed by atoms with E-state index in [-0.39, 0.29) is 0 Å². The lowest BCUT2D eigenvalue weighted by molar-refractivity contribution is -0.139. The second-order valence-corrected chi connectivity index (χ2v) is 5.08. The van der Waals surface area contributed by atoms with Crippen LogP contribution in [0.4, 0.5) is 0 Å². The Bertz CT molecular complexity index is 593. The quantitative estimate of drug-likeness (QED) is 0.821. The van der Waals surface area contributed by atoms with Crippen molar-refractivity contribution in [3.05, 3.63) is 47.8 Å². The van der Waals surface area contributed by atoms with Crippen molar-refractivity contribution >= 4 is 5.97 Å². The Balaban J connectivity index is 2.08. The standard InChI is InChI=1S/C16H21N3O2/c1-3-7-15(16(20)21)17-10-13-11-19(18-12(13)2)14-8-5-4-6-9-14/h4-6,8-9,11,15,17H,3,7,10H2,1-2H3,(H,20,21). The van der Waals surface area contributed by atoms with E-state index < -0.39 is 12.0 Å². The third kappa shape index (κ3) is 3.92. The van der Waals surface area contributed by atoms with Crippen LogP contribution in [0.3, 0.4) is 0 Å². The molecule has 0 radical (unpaired) electrons. The van der Waals surface area contributed by atoms with Crippen LogP contribution in [-0.4, -0.2) is 26.9 Å². The molecular weight excluding hydrogens is 266 g/mol. The summed E-state index contributed by atoms with van der Waals surface area (Å²) in [5, 5.41) is 16.7. The topological polar surface area (TPSA) is 67.2 Å². The summed E-state index contributed by atoms with van der Waals surface area (Å²) in [6.07, 6.45) is 3.41. The number of hydrogen-bond acceptors (Lipinski definition) is 3. The number of hydrogen-bond donors (Lipinski definition) is 2. The first-order chi connectivity index (χ1) is 10.1. The van der Waals surface area contributed by atoms with Crippen molar-refractivity contribution in [2.75, 3.05) is 0 Å². The van der Waals surface area contributed by atoms with E-state index in [2.05, 4.69) is 10.4 Å². The van der Waals surface area contributed by atoms with Crippen molar-refractivity contribution in [2.45, 2.75) is 39.3 Å². The Morgan fingerprint density at radius 2 is 2.10 bits per heavy atom. The number of aryl methyl sites for hydroxylation is 1. The highest BCUT2D eigenvalue weighted by Gasteiger charge is 2.16. The SMILES string of the molecule is CCCC(NCc1cn(-c2ccccc2)nc1C)C(=O)O. The Morgan fingerprint density at radius 1 is 1.38 bits per heavy atom. The number of carboxylic acid groups (broad SMARTS) is 1. The Hall–Kier alpha value is -2.14. The summed E-state index contributed by atoms with van der Waals surface area (Å²) in [5.74, 6) is -0.801. The van der Waals surface area contributed by atoms with Gasteiger partial charge in [-0.05, 0) is 25.5 Å². The zero-order valence-corrected chi connectivity index (χ0v) is 12.4. The third-order valence-corrected chi connectivity index (χ3v) is 3.44. The van der Waals surface area contributed by atoms with E-state index in [1.54, 1.807) is 0 Å². The van der Waals surface area contributed by atoms with Gasteiger partial charge in [0.25, 0.3) is 0 Å². The number of nitrogens with zero attached hydrogens (tertiary/aromatic N) is 2. The van der Waals surface area contributed by atoms with Gasteiger partial charge in [-0.15, -0.1) is 0 Å². The fourth-order valence-electron chi connectivity index (χ4n) is 2.22. The highest BCUT2D eigenvalue weighted by atomic mass is 16.4. The van der Waals surface area contributed by atoms with Crippen LogP contribution in [0.25, 0.3) is 5.69 Å². The van der Waals surface area contributed by atoms with Gasteiger partial charge in [0.2, 0.25) is 0 Å². The van der Waals surface area contributed by atoms with Crippen LogP contribution in [0.15, 0.2) is 36.5 Å². The number of carbonyl (C=O) groups is 1.